The van der Waals surface area contributed by atoms with Gasteiger partial charge in [-0.2, -0.15) is 0 Å². The minimum Gasteiger partial charge on any atom is -0.381 e. The minimum atomic E-state index is -0.560. The number of nitrogens with two attached hydrogens (primary N) is 1. The van der Waals surface area contributed by atoms with Crippen LogP contribution in [0.5, 0.6) is 0 Å². The van der Waals surface area contributed by atoms with E-state index in [1.165, 1.54) is 12.8 Å². The lowest BCUT2D eigenvalue weighted by Gasteiger charge is -2.43. The van der Waals surface area contributed by atoms with Gasteiger partial charge in [-0.1, -0.05) is 0 Å². The largest absolute Gasteiger partial charge is 0.381 e. The summed E-state index contributed by atoms with van der Waals surface area (Å²) in [6, 6.07) is 3.20. The van der Waals surface area contributed by atoms with Crippen LogP contribution in [-0.4, -0.2) is 49.2 Å². The number of nitrogens with one attached hydrogen (secondary N) is 1. The van der Waals surface area contributed by atoms with Crippen molar-refractivity contribution in [1.29, 1.82) is 0 Å². The van der Waals surface area contributed by atoms with Gasteiger partial charge >= 0.3 is 0 Å². The van der Waals surface area contributed by atoms with E-state index in [0.29, 0.717) is 6.54 Å². The summed E-state index contributed by atoms with van der Waals surface area (Å²) in [6.45, 7) is 4.12. The second-order valence-electron chi connectivity index (χ2n) is 6.48. The Bertz CT molecular complexity index is 596. The number of anilines is 1. The minimum absolute atomic E-state index is 0.00144. The van der Waals surface area contributed by atoms with Crippen LogP contribution < -0.4 is 11.1 Å². The smallest absolute Gasteiger partial charge is 0.193 e. The van der Waals surface area contributed by atoms with Crippen LogP contribution in [0.15, 0.2) is 23.2 Å². The molecular formula is C17H24F2N4O. The Morgan fingerprint density at radius 1 is 1.25 bits per heavy atom. The molecule has 0 atom stereocenters. The third-order valence-corrected chi connectivity index (χ3v) is 4.94. The van der Waals surface area contributed by atoms with Gasteiger partial charge in [-0.25, -0.2) is 8.78 Å². The number of likely N-dealkylation sites (tertiary alicyclic amines) is 1. The molecule has 0 spiro atoms. The van der Waals surface area contributed by atoms with Gasteiger partial charge < -0.3 is 15.8 Å². The highest BCUT2D eigenvalue weighted by Gasteiger charge is 2.39. The zero-order chi connectivity index (χ0) is 17.0. The fraction of sp³-hybridized carbons (Fsp3) is 0.588. The van der Waals surface area contributed by atoms with E-state index in [0.717, 1.165) is 57.3 Å². The van der Waals surface area contributed by atoms with Crippen LogP contribution in [0.1, 0.15) is 25.7 Å². The van der Waals surface area contributed by atoms with Gasteiger partial charge in [0.15, 0.2) is 5.96 Å². The first kappa shape index (κ1) is 17.1. The van der Waals surface area contributed by atoms with Gasteiger partial charge in [0, 0.05) is 24.8 Å². The Balaban J connectivity index is 1.70. The predicted octanol–water partition coefficient (Wildman–Crippen LogP) is 2.34. The van der Waals surface area contributed by atoms with Crippen molar-refractivity contribution in [3.05, 3.63) is 29.8 Å². The van der Waals surface area contributed by atoms with Crippen LogP contribution in [0.3, 0.4) is 0 Å². The Hall–Kier alpha value is -1.73. The van der Waals surface area contributed by atoms with E-state index in [-0.39, 0.29) is 17.2 Å². The van der Waals surface area contributed by atoms with Crippen LogP contribution in [0, 0.1) is 11.6 Å². The first-order valence-electron chi connectivity index (χ1n) is 8.44. The zero-order valence-electron chi connectivity index (χ0n) is 13.7. The number of hydrogen-bond donors (Lipinski definition) is 2. The molecule has 2 aliphatic heterocycles. The van der Waals surface area contributed by atoms with Crippen LogP contribution in [0.2, 0.25) is 0 Å². The quantitative estimate of drug-likeness (QED) is 0.653. The molecule has 24 heavy (non-hydrogen) atoms. The molecule has 0 aromatic heterocycles. The van der Waals surface area contributed by atoms with Gasteiger partial charge in [0.1, 0.15) is 11.6 Å². The third kappa shape index (κ3) is 3.84. The lowest BCUT2D eigenvalue weighted by atomic mass is 9.88. The molecule has 132 valence electrons. The topological polar surface area (TPSA) is 62.9 Å². The van der Waals surface area contributed by atoms with Gasteiger partial charge in [0.2, 0.25) is 0 Å². The Morgan fingerprint density at radius 3 is 2.67 bits per heavy atom. The number of halogens is 2. The van der Waals surface area contributed by atoms with E-state index in [4.69, 9.17) is 10.5 Å². The molecular weight excluding hydrogens is 314 g/mol. The van der Waals surface area contributed by atoms with Crippen molar-refractivity contribution in [2.75, 3.05) is 38.2 Å². The summed E-state index contributed by atoms with van der Waals surface area (Å²) in [6.07, 6.45) is 4.24. The molecule has 2 aliphatic rings. The fourth-order valence-electron chi connectivity index (χ4n) is 3.52. The Morgan fingerprint density at radius 2 is 1.96 bits per heavy atom. The molecule has 0 bridgehead atoms. The van der Waals surface area contributed by atoms with Crippen molar-refractivity contribution in [3.8, 4) is 0 Å². The van der Waals surface area contributed by atoms with Crippen LogP contribution in [0.25, 0.3) is 0 Å². The molecule has 3 N–H and O–H groups in total. The number of hydrogen-bond acceptors (Lipinski definition) is 3. The first-order valence-corrected chi connectivity index (χ1v) is 8.44. The van der Waals surface area contributed by atoms with E-state index in [2.05, 4.69) is 15.2 Å². The van der Waals surface area contributed by atoms with Gasteiger partial charge in [-0.05, 0) is 50.9 Å². The summed E-state index contributed by atoms with van der Waals surface area (Å²) >= 11 is 0. The van der Waals surface area contributed by atoms with Crippen molar-refractivity contribution in [2.24, 2.45) is 10.7 Å². The molecule has 0 saturated carbocycles. The molecule has 1 aromatic carbocycles. The van der Waals surface area contributed by atoms with Crippen LogP contribution >= 0.6 is 0 Å². The molecule has 2 saturated heterocycles. The number of guanidine groups is 1. The van der Waals surface area contributed by atoms with Gasteiger partial charge in [-0.15, -0.1) is 0 Å². The van der Waals surface area contributed by atoms with Crippen molar-refractivity contribution < 1.29 is 13.5 Å². The summed E-state index contributed by atoms with van der Waals surface area (Å²) < 4.78 is 32.4. The van der Waals surface area contributed by atoms with E-state index >= 15 is 0 Å². The maximum Gasteiger partial charge on any atom is 0.193 e. The summed E-state index contributed by atoms with van der Waals surface area (Å²) in [5, 5.41) is 2.66. The van der Waals surface area contributed by atoms with E-state index in [1.807, 2.05) is 0 Å². The van der Waals surface area contributed by atoms with Crippen molar-refractivity contribution >= 4 is 11.6 Å². The van der Waals surface area contributed by atoms with Crippen molar-refractivity contribution in [2.45, 2.75) is 31.2 Å². The van der Waals surface area contributed by atoms with Gasteiger partial charge in [0.05, 0.1) is 12.2 Å². The van der Waals surface area contributed by atoms with Gasteiger partial charge in [0.25, 0.3) is 0 Å². The number of ether oxygens (including phenoxy) is 1. The van der Waals surface area contributed by atoms with Crippen LogP contribution in [0.4, 0.5) is 14.5 Å². The lowest BCUT2D eigenvalue weighted by molar-refractivity contribution is -0.0138. The standard InChI is InChI=1S/C17H24F2N4O/c18-13-3-4-14(19)15(11-13)22-16(20)21-12-17(5-9-24-10-6-17)23-7-1-2-8-23/h3-4,11H,1-2,5-10,12H2,(H3,20,21,22). The number of benzene rings is 1. The number of aliphatic imine (C=N–C) groups is 1. The second-order valence-corrected chi connectivity index (χ2v) is 6.48. The van der Waals surface area contributed by atoms with Crippen molar-refractivity contribution in [1.82, 2.24) is 4.90 Å². The van der Waals surface area contributed by atoms with E-state index in [1.54, 1.807) is 0 Å². The summed E-state index contributed by atoms with van der Waals surface area (Å²) in [4.78, 5) is 6.91. The first-order chi connectivity index (χ1) is 11.6. The highest BCUT2D eigenvalue weighted by atomic mass is 19.1. The molecule has 1 aromatic rings. The van der Waals surface area contributed by atoms with Crippen molar-refractivity contribution in [3.63, 3.8) is 0 Å². The molecule has 0 aliphatic carbocycles. The highest BCUT2D eigenvalue weighted by molar-refractivity contribution is 5.92. The maximum atomic E-state index is 13.7. The molecule has 2 fully saturated rings. The molecule has 5 nitrogen and oxygen atoms in total. The Kier molecular flexibility index (Phi) is 5.30. The van der Waals surface area contributed by atoms with E-state index in [9.17, 15) is 8.78 Å². The average Bonchev–Trinajstić information content (AvgIpc) is 3.12. The normalized spacial score (nSPS) is 21.8. The third-order valence-electron chi connectivity index (χ3n) is 4.94. The number of rotatable bonds is 4. The summed E-state index contributed by atoms with van der Waals surface area (Å²) in [5.74, 6) is -0.982. The maximum absolute atomic E-state index is 13.7. The molecule has 2 heterocycles. The fourth-order valence-corrected chi connectivity index (χ4v) is 3.52. The lowest BCUT2D eigenvalue weighted by Crippen LogP contribution is -2.53. The molecule has 7 heteroatoms. The molecule has 0 amide bonds. The summed E-state index contributed by atoms with van der Waals surface area (Å²) in [5.41, 5.74) is 5.86. The van der Waals surface area contributed by atoms with Crippen LogP contribution in [-0.2, 0) is 4.74 Å². The molecule has 0 unspecified atom stereocenters. The Labute approximate surface area is 140 Å². The van der Waals surface area contributed by atoms with E-state index < -0.39 is 11.6 Å². The molecule has 0 radical (unpaired) electrons. The molecule has 3 rings (SSSR count). The monoisotopic (exact) mass is 338 g/mol. The highest BCUT2D eigenvalue weighted by Crippen LogP contribution is 2.31. The number of nitrogens with zero attached hydrogens (tertiary/aromatic N) is 2. The summed E-state index contributed by atoms with van der Waals surface area (Å²) in [7, 11) is 0. The zero-order valence-corrected chi connectivity index (χ0v) is 13.7. The van der Waals surface area contributed by atoms with Gasteiger partial charge in [-0.3, -0.25) is 9.89 Å². The average molecular weight is 338 g/mol. The predicted molar refractivity (Wildman–Crippen MR) is 90.1 cm³/mol. The SMILES string of the molecule is NC(=NCC1(N2CCCC2)CCOCC1)Nc1cc(F)ccc1F. The second kappa shape index (κ2) is 7.44.